The van der Waals surface area contributed by atoms with Gasteiger partial charge in [0.2, 0.25) is 5.91 Å². The average molecular weight is 358 g/mol. The molecular formula is C20H27N3OS. The minimum absolute atomic E-state index is 0.132. The minimum atomic E-state index is -0.616. The SMILES string of the molecule is Cc1ccc(C(N)C(=O)NCCc2nc(C3CCCCC3)cs2)cc1. The van der Waals surface area contributed by atoms with Gasteiger partial charge < -0.3 is 11.1 Å². The van der Waals surface area contributed by atoms with Crippen molar-refractivity contribution in [3.8, 4) is 0 Å². The van der Waals surface area contributed by atoms with Crippen molar-refractivity contribution in [2.24, 2.45) is 5.73 Å². The molecule has 1 aromatic carbocycles. The lowest BCUT2D eigenvalue weighted by molar-refractivity contribution is -0.122. The zero-order valence-electron chi connectivity index (χ0n) is 14.8. The van der Waals surface area contributed by atoms with Gasteiger partial charge in [-0.2, -0.15) is 0 Å². The van der Waals surface area contributed by atoms with Crippen molar-refractivity contribution in [2.75, 3.05) is 6.54 Å². The third-order valence-corrected chi connectivity index (χ3v) is 5.88. The number of benzene rings is 1. The summed E-state index contributed by atoms with van der Waals surface area (Å²) in [7, 11) is 0. The van der Waals surface area contributed by atoms with Crippen molar-refractivity contribution in [1.82, 2.24) is 10.3 Å². The molecule has 0 spiro atoms. The number of amides is 1. The highest BCUT2D eigenvalue weighted by atomic mass is 32.1. The molecule has 5 heteroatoms. The first kappa shape index (κ1) is 18.1. The molecule has 1 saturated carbocycles. The van der Waals surface area contributed by atoms with Gasteiger partial charge in [0.25, 0.3) is 0 Å². The largest absolute Gasteiger partial charge is 0.354 e. The number of carbonyl (C=O) groups is 1. The van der Waals surface area contributed by atoms with Crippen LogP contribution in [0.1, 0.15) is 65.9 Å². The third kappa shape index (κ3) is 4.89. The van der Waals surface area contributed by atoms with Crippen molar-refractivity contribution in [1.29, 1.82) is 0 Å². The standard InChI is InChI=1S/C20H27N3OS/c1-14-7-9-16(10-8-14)19(21)20(24)22-12-11-18-23-17(13-25-18)15-5-3-2-4-6-15/h7-10,13,15,19H,2-6,11-12,21H2,1H3,(H,22,24). The number of aromatic nitrogens is 1. The second kappa shape index (κ2) is 8.59. The monoisotopic (exact) mass is 357 g/mol. The molecule has 0 radical (unpaired) electrons. The van der Waals surface area contributed by atoms with Crippen LogP contribution in [0.15, 0.2) is 29.6 Å². The molecule has 1 aliphatic carbocycles. The Bertz CT molecular complexity index is 689. The first-order chi connectivity index (χ1) is 12.1. The fourth-order valence-electron chi connectivity index (χ4n) is 3.35. The van der Waals surface area contributed by atoms with E-state index in [1.165, 1.54) is 37.8 Å². The molecule has 1 heterocycles. The number of hydrogen-bond acceptors (Lipinski definition) is 4. The zero-order valence-corrected chi connectivity index (χ0v) is 15.6. The normalized spacial score (nSPS) is 16.6. The summed E-state index contributed by atoms with van der Waals surface area (Å²) in [4.78, 5) is 17.0. The molecule has 1 aromatic heterocycles. The molecule has 134 valence electrons. The lowest BCUT2D eigenvalue weighted by Crippen LogP contribution is -2.35. The minimum Gasteiger partial charge on any atom is -0.354 e. The third-order valence-electron chi connectivity index (χ3n) is 4.95. The van der Waals surface area contributed by atoms with Gasteiger partial charge in [-0.3, -0.25) is 4.79 Å². The van der Waals surface area contributed by atoms with E-state index in [-0.39, 0.29) is 5.91 Å². The zero-order chi connectivity index (χ0) is 17.6. The molecule has 0 bridgehead atoms. The molecule has 1 amide bonds. The number of hydrogen-bond donors (Lipinski definition) is 2. The van der Waals surface area contributed by atoms with Crippen molar-refractivity contribution in [3.63, 3.8) is 0 Å². The Morgan fingerprint density at radius 3 is 2.72 bits per heavy atom. The van der Waals surface area contributed by atoms with Gasteiger partial charge in [-0.05, 0) is 25.3 Å². The maximum atomic E-state index is 12.2. The first-order valence-corrected chi connectivity index (χ1v) is 10.1. The van der Waals surface area contributed by atoms with Crippen molar-refractivity contribution in [2.45, 2.75) is 57.4 Å². The molecule has 2 aromatic rings. The number of rotatable bonds is 6. The molecule has 1 unspecified atom stereocenters. The lowest BCUT2D eigenvalue weighted by atomic mass is 9.87. The Labute approximate surface area is 153 Å². The molecule has 1 aliphatic rings. The molecule has 3 N–H and O–H groups in total. The predicted octanol–water partition coefficient (Wildman–Crippen LogP) is 3.86. The Morgan fingerprint density at radius 1 is 1.28 bits per heavy atom. The number of thiazole rings is 1. The van der Waals surface area contributed by atoms with Crippen molar-refractivity contribution in [3.05, 3.63) is 51.5 Å². The Balaban J connectivity index is 1.46. The number of nitrogens with two attached hydrogens (primary N) is 1. The highest BCUT2D eigenvalue weighted by molar-refractivity contribution is 7.09. The molecular weight excluding hydrogens is 330 g/mol. The molecule has 1 fully saturated rings. The van der Waals surface area contributed by atoms with E-state index in [0.29, 0.717) is 12.5 Å². The topological polar surface area (TPSA) is 68.0 Å². The predicted molar refractivity (Wildman–Crippen MR) is 103 cm³/mol. The van der Waals surface area contributed by atoms with Crippen LogP contribution in [0.2, 0.25) is 0 Å². The number of nitrogens with zero attached hydrogens (tertiary/aromatic N) is 1. The Kier molecular flexibility index (Phi) is 6.21. The summed E-state index contributed by atoms with van der Waals surface area (Å²) in [6.45, 7) is 2.60. The van der Waals surface area contributed by atoms with E-state index in [1.807, 2.05) is 31.2 Å². The second-order valence-corrected chi connectivity index (χ2v) is 7.87. The fourth-order valence-corrected chi connectivity index (χ4v) is 4.23. The summed E-state index contributed by atoms with van der Waals surface area (Å²) in [5.41, 5.74) is 9.30. The van der Waals surface area contributed by atoms with E-state index in [0.717, 1.165) is 22.6 Å². The fraction of sp³-hybridized carbons (Fsp3) is 0.500. The van der Waals surface area contributed by atoms with Gasteiger partial charge >= 0.3 is 0 Å². The maximum Gasteiger partial charge on any atom is 0.241 e. The van der Waals surface area contributed by atoms with Crippen LogP contribution in [0.25, 0.3) is 0 Å². The highest BCUT2D eigenvalue weighted by Crippen LogP contribution is 2.33. The van der Waals surface area contributed by atoms with Crippen LogP contribution in [0.5, 0.6) is 0 Å². The van der Waals surface area contributed by atoms with Crippen LogP contribution in [-0.2, 0) is 11.2 Å². The summed E-state index contributed by atoms with van der Waals surface area (Å²) >= 11 is 1.71. The smallest absolute Gasteiger partial charge is 0.241 e. The van der Waals surface area contributed by atoms with Gasteiger partial charge in [0.15, 0.2) is 0 Å². The van der Waals surface area contributed by atoms with E-state index in [1.54, 1.807) is 11.3 Å². The molecule has 4 nitrogen and oxygen atoms in total. The van der Waals surface area contributed by atoms with Crippen molar-refractivity contribution >= 4 is 17.2 Å². The van der Waals surface area contributed by atoms with Crippen molar-refractivity contribution < 1.29 is 4.79 Å². The van der Waals surface area contributed by atoms with Gasteiger partial charge in [-0.15, -0.1) is 11.3 Å². The van der Waals surface area contributed by atoms with Crippen LogP contribution in [-0.4, -0.2) is 17.4 Å². The summed E-state index contributed by atoms with van der Waals surface area (Å²) in [6.07, 6.45) is 7.32. The lowest BCUT2D eigenvalue weighted by Gasteiger charge is -2.19. The van der Waals surface area contributed by atoms with Gasteiger partial charge in [0.05, 0.1) is 10.7 Å². The number of aryl methyl sites for hydroxylation is 1. The van der Waals surface area contributed by atoms with Crippen LogP contribution in [0.3, 0.4) is 0 Å². The van der Waals surface area contributed by atoms with E-state index >= 15 is 0 Å². The van der Waals surface area contributed by atoms with E-state index in [9.17, 15) is 4.79 Å². The Morgan fingerprint density at radius 2 is 2.00 bits per heavy atom. The van der Waals surface area contributed by atoms with E-state index in [2.05, 4.69) is 10.7 Å². The van der Waals surface area contributed by atoms with E-state index in [4.69, 9.17) is 10.7 Å². The first-order valence-electron chi connectivity index (χ1n) is 9.17. The summed E-state index contributed by atoms with van der Waals surface area (Å²) in [6, 6.07) is 7.17. The van der Waals surface area contributed by atoms with Gasteiger partial charge in [0.1, 0.15) is 6.04 Å². The molecule has 1 atom stereocenters. The highest BCUT2D eigenvalue weighted by Gasteiger charge is 2.18. The van der Waals surface area contributed by atoms with Crippen LogP contribution in [0, 0.1) is 6.92 Å². The summed E-state index contributed by atoms with van der Waals surface area (Å²) < 4.78 is 0. The Hall–Kier alpha value is -1.72. The second-order valence-electron chi connectivity index (χ2n) is 6.93. The van der Waals surface area contributed by atoms with Gasteiger partial charge in [-0.1, -0.05) is 49.1 Å². The number of nitrogens with one attached hydrogen (secondary N) is 1. The molecule has 0 aliphatic heterocycles. The van der Waals surface area contributed by atoms with E-state index < -0.39 is 6.04 Å². The van der Waals surface area contributed by atoms with Crippen LogP contribution in [0.4, 0.5) is 0 Å². The van der Waals surface area contributed by atoms with Gasteiger partial charge in [0, 0.05) is 24.3 Å². The van der Waals surface area contributed by atoms with Gasteiger partial charge in [-0.25, -0.2) is 4.98 Å². The summed E-state index contributed by atoms with van der Waals surface area (Å²) in [5, 5.41) is 6.24. The quantitative estimate of drug-likeness (QED) is 0.825. The average Bonchev–Trinajstić information content (AvgIpc) is 3.11. The van der Waals surface area contributed by atoms with Crippen LogP contribution < -0.4 is 11.1 Å². The number of carbonyl (C=O) groups excluding carboxylic acids is 1. The summed E-state index contributed by atoms with van der Waals surface area (Å²) in [5.74, 6) is 0.510. The molecule has 25 heavy (non-hydrogen) atoms. The molecule has 3 rings (SSSR count). The molecule has 0 saturated heterocycles. The van der Waals surface area contributed by atoms with Crippen LogP contribution >= 0.6 is 11.3 Å². The maximum absolute atomic E-state index is 12.2.